The molecular weight excluding hydrogens is 435 g/mol. The summed E-state index contributed by atoms with van der Waals surface area (Å²) >= 11 is 0. The second kappa shape index (κ2) is 9.25. The van der Waals surface area contributed by atoms with Crippen LogP contribution in [0, 0.1) is 6.92 Å². The van der Waals surface area contributed by atoms with Crippen LogP contribution in [0.15, 0.2) is 53.3 Å². The zero-order chi connectivity index (χ0) is 23.6. The quantitative estimate of drug-likeness (QED) is 0.439. The second-order valence-electron chi connectivity index (χ2n) is 8.26. The van der Waals surface area contributed by atoms with Crippen LogP contribution in [-0.2, 0) is 6.18 Å². The number of hydrogen-bond acceptors (Lipinski definition) is 6. The SMILES string of the molecule is Cc1nocc1C(=O)C[C@@H](C)c1ccc(OC2CCN(c3cccc(C(F)(F)F)n3)C2)cc1. The Bertz CT molecular complexity index is 1110. The number of Topliss-reactive ketones (excluding diaryl/α,β-unsaturated/α-hetero) is 1. The lowest BCUT2D eigenvalue weighted by Gasteiger charge is -2.19. The molecule has 33 heavy (non-hydrogen) atoms. The fourth-order valence-electron chi connectivity index (χ4n) is 3.92. The molecular formula is C24H24F3N3O3. The lowest BCUT2D eigenvalue weighted by Crippen LogP contribution is -2.25. The standard InChI is InChI=1S/C24H24F3N3O3/c1-15(12-21(31)20-14-32-29-16(20)2)17-6-8-18(9-7-17)33-19-10-11-30(13-19)23-5-3-4-22(28-23)24(25,26)27/h3-9,14-15,19H,10-13H2,1-2H3/t15-,19?/m1/s1. The maximum atomic E-state index is 12.9. The van der Waals surface area contributed by atoms with Crippen molar-refractivity contribution in [1.29, 1.82) is 0 Å². The van der Waals surface area contributed by atoms with Gasteiger partial charge in [0.05, 0.1) is 17.8 Å². The highest BCUT2D eigenvalue weighted by molar-refractivity contribution is 5.97. The van der Waals surface area contributed by atoms with E-state index in [2.05, 4.69) is 10.1 Å². The van der Waals surface area contributed by atoms with Crippen LogP contribution in [0.3, 0.4) is 0 Å². The Balaban J connectivity index is 1.33. The van der Waals surface area contributed by atoms with Crippen molar-refractivity contribution in [3.63, 3.8) is 0 Å². The molecule has 2 atom stereocenters. The van der Waals surface area contributed by atoms with Gasteiger partial charge in [-0.25, -0.2) is 4.98 Å². The van der Waals surface area contributed by atoms with Crippen molar-refractivity contribution in [2.24, 2.45) is 0 Å². The summed E-state index contributed by atoms with van der Waals surface area (Å²) in [6, 6.07) is 11.5. The molecule has 0 aliphatic carbocycles. The van der Waals surface area contributed by atoms with Gasteiger partial charge in [-0.05, 0) is 42.7 Å². The van der Waals surface area contributed by atoms with Gasteiger partial charge in [-0.1, -0.05) is 30.3 Å². The molecule has 3 aromatic rings. The lowest BCUT2D eigenvalue weighted by molar-refractivity contribution is -0.141. The highest BCUT2D eigenvalue weighted by Crippen LogP contribution is 2.30. The first-order valence-electron chi connectivity index (χ1n) is 10.7. The van der Waals surface area contributed by atoms with Gasteiger partial charge < -0.3 is 14.2 Å². The van der Waals surface area contributed by atoms with Crippen molar-refractivity contribution in [2.75, 3.05) is 18.0 Å². The van der Waals surface area contributed by atoms with E-state index in [-0.39, 0.29) is 17.8 Å². The molecule has 0 radical (unpaired) electrons. The number of ketones is 1. The first kappa shape index (κ1) is 22.8. The number of pyridine rings is 1. The van der Waals surface area contributed by atoms with Crippen LogP contribution in [0.25, 0.3) is 0 Å². The highest BCUT2D eigenvalue weighted by atomic mass is 19.4. The van der Waals surface area contributed by atoms with Crippen molar-refractivity contribution < 1.29 is 27.2 Å². The van der Waals surface area contributed by atoms with E-state index in [0.29, 0.717) is 48.8 Å². The fourth-order valence-corrected chi connectivity index (χ4v) is 3.92. The summed E-state index contributed by atoms with van der Waals surface area (Å²) in [5, 5.41) is 3.75. The highest BCUT2D eigenvalue weighted by Gasteiger charge is 2.33. The zero-order valence-electron chi connectivity index (χ0n) is 18.3. The minimum atomic E-state index is -4.47. The number of benzene rings is 1. The first-order chi connectivity index (χ1) is 15.7. The Morgan fingerprint density at radius 2 is 2.00 bits per heavy atom. The van der Waals surface area contributed by atoms with E-state index in [9.17, 15) is 18.0 Å². The predicted molar refractivity (Wildman–Crippen MR) is 116 cm³/mol. The molecule has 1 aromatic carbocycles. The van der Waals surface area contributed by atoms with Crippen LogP contribution in [0.5, 0.6) is 5.75 Å². The molecule has 9 heteroatoms. The number of anilines is 1. The number of nitrogens with zero attached hydrogens (tertiary/aromatic N) is 3. The summed E-state index contributed by atoms with van der Waals surface area (Å²) in [5.41, 5.74) is 1.20. The van der Waals surface area contributed by atoms with Crippen LogP contribution >= 0.6 is 0 Å². The largest absolute Gasteiger partial charge is 0.489 e. The lowest BCUT2D eigenvalue weighted by atomic mass is 9.93. The Kier molecular flexibility index (Phi) is 6.40. The molecule has 1 aliphatic heterocycles. The first-order valence-corrected chi connectivity index (χ1v) is 10.7. The van der Waals surface area contributed by atoms with Gasteiger partial charge >= 0.3 is 6.18 Å². The molecule has 0 saturated carbocycles. The van der Waals surface area contributed by atoms with Gasteiger partial charge in [0.2, 0.25) is 0 Å². The topological polar surface area (TPSA) is 68.5 Å². The van der Waals surface area contributed by atoms with Gasteiger partial charge in [0.1, 0.15) is 29.6 Å². The maximum absolute atomic E-state index is 12.9. The van der Waals surface area contributed by atoms with Crippen molar-refractivity contribution in [3.8, 4) is 5.75 Å². The average Bonchev–Trinajstić information content (AvgIpc) is 3.43. The van der Waals surface area contributed by atoms with E-state index in [1.807, 2.05) is 31.2 Å². The molecule has 0 spiro atoms. The molecule has 1 fully saturated rings. The van der Waals surface area contributed by atoms with Crippen LogP contribution < -0.4 is 9.64 Å². The van der Waals surface area contributed by atoms with Crippen molar-refractivity contribution in [2.45, 2.75) is 44.9 Å². The normalized spacial score (nSPS) is 17.2. The van der Waals surface area contributed by atoms with E-state index >= 15 is 0 Å². The Morgan fingerprint density at radius 3 is 2.67 bits per heavy atom. The number of carbonyl (C=O) groups is 1. The molecule has 0 N–H and O–H groups in total. The average molecular weight is 459 g/mol. The number of rotatable bonds is 7. The van der Waals surface area contributed by atoms with E-state index in [0.717, 1.165) is 11.6 Å². The van der Waals surface area contributed by atoms with Crippen LogP contribution in [0.2, 0.25) is 0 Å². The van der Waals surface area contributed by atoms with Crippen LogP contribution in [-0.4, -0.2) is 35.1 Å². The molecule has 174 valence electrons. The third-order valence-electron chi connectivity index (χ3n) is 5.79. The molecule has 1 unspecified atom stereocenters. The predicted octanol–water partition coefficient (Wildman–Crippen LogP) is 5.43. The Hall–Kier alpha value is -3.36. The van der Waals surface area contributed by atoms with E-state index in [4.69, 9.17) is 9.26 Å². The van der Waals surface area contributed by atoms with E-state index < -0.39 is 11.9 Å². The number of alkyl halides is 3. The van der Waals surface area contributed by atoms with Gasteiger partial charge in [-0.3, -0.25) is 4.79 Å². The number of carbonyl (C=O) groups excluding carboxylic acids is 1. The Labute approximate surface area is 189 Å². The van der Waals surface area contributed by atoms with Gasteiger partial charge in [0.15, 0.2) is 5.78 Å². The van der Waals surface area contributed by atoms with Crippen molar-refractivity contribution in [3.05, 3.63) is 71.2 Å². The van der Waals surface area contributed by atoms with Gasteiger partial charge in [-0.2, -0.15) is 13.2 Å². The molecule has 1 saturated heterocycles. The molecule has 0 bridgehead atoms. The summed E-state index contributed by atoms with van der Waals surface area (Å²) in [7, 11) is 0. The summed E-state index contributed by atoms with van der Waals surface area (Å²) in [4.78, 5) is 18.0. The van der Waals surface area contributed by atoms with Gasteiger partial charge in [0, 0.05) is 19.4 Å². The molecule has 4 rings (SSSR count). The molecule has 2 aromatic heterocycles. The van der Waals surface area contributed by atoms with E-state index in [1.54, 1.807) is 17.9 Å². The molecule has 1 aliphatic rings. The second-order valence-corrected chi connectivity index (χ2v) is 8.26. The van der Waals surface area contributed by atoms with Gasteiger partial charge in [0.25, 0.3) is 0 Å². The number of halogens is 3. The maximum Gasteiger partial charge on any atom is 0.433 e. The summed E-state index contributed by atoms with van der Waals surface area (Å²) in [6.45, 7) is 4.74. The fraction of sp³-hybridized carbons (Fsp3) is 0.375. The molecule has 6 nitrogen and oxygen atoms in total. The smallest absolute Gasteiger partial charge is 0.433 e. The molecule has 0 amide bonds. The minimum Gasteiger partial charge on any atom is -0.489 e. The van der Waals surface area contributed by atoms with E-state index in [1.165, 1.54) is 12.3 Å². The van der Waals surface area contributed by atoms with Crippen LogP contribution in [0.4, 0.5) is 19.0 Å². The summed E-state index contributed by atoms with van der Waals surface area (Å²) < 4.78 is 49.7. The minimum absolute atomic E-state index is 0.00908. The van der Waals surface area contributed by atoms with Crippen molar-refractivity contribution >= 4 is 11.6 Å². The third kappa shape index (κ3) is 5.35. The Morgan fingerprint density at radius 1 is 1.24 bits per heavy atom. The number of aromatic nitrogens is 2. The summed E-state index contributed by atoms with van der Waals surface area (Å²) in [5.74, 6) is 0.967. The zero-order valence-corrected chi connectivity index (χ0v) is 18.3. The third-order valence-corrected chi connectivity index (χ3v) is 5.79. The molecule has 3 heterocycles. The number of ether oxygens (including phenoxy) is 1. The van der Waals surface area contributed by atoms with Crippen molar-refractivity contribution in [1.82, 2.24) is 10.1 Å². The number of hydrogen-bond donors (Lipinski definition) is 0. The number of aryl methyl sites for hydroxylation is 1. The summed E-state index contributed by atoms with van der Waals surface area (Å²) in [6.07, 6.45) is -2.22. The van der Waals surface area contributed by atoms with Crippen LogP contribution in [0.1, 0.15) is 53.0 Å². The van der Waals surface area contributed by atoms with Gasteiger partial charge in [-0.15, -0.1) is 0 Å². The monoisotopic (exact) mass is 459 g/mol.